The molecular weight excluding hydrogens is 417 g/mol. The van der Waals surface area contributed by atoms with Gasteiger partial charge in [-0.05, 0) is 67.6 Å². The number of carbonyl (C=O) groups is 1. The van der Waals surface area contributed by atoms with Gasteiger partial charge in [-0.15, -0.1) is 0 Å². The lowest BCUT2D eigenvalue weighted by Crippen LogP contribution is -2.43. The molecule has 0 amide bonds. The van der Waals surface area contributed by atoms with Crippen molar-refractivity contribution in [2.75, 3.05) is 6.54 Å². The molecule has 29 heavy (non-hydrogen) atoms. The number of allylic oxidation sites excluding steroid dienone is 4. The van der Waals surface area contributed by atoms with Gasteiger partial charge in [-0.1, -0.05) is 35.9 Å². The average molecular weight is 442 g/mol. The van der Waals surface area contributed by atoms with Crippen molar-refractivity contribution < 1.29 is 22.7 Å². The van der Waals surface area contributed by atoms with Gasteiger partial charge in [0.25, 0.3) is 0 Å². The number of rotatable bonds is 9. The minimum atomic E-state index is -3.98. The fraction of sp³-hybridized carbons (Fsp3) is 0.476. The largest absolute Gasteiger partial charge is 0.481 e. The summed E-state index contributed by atoms with van der Waals surface area (Å²) < 4.78 is 41.8. The van der Waals surface area contributed by atoms with E-state index in [9.17, 15) is 17.6 Å². The molecule has 0 radical (unpaired) electrons. The van der Waals surface area contributed by atoms with Gasteiger partial charge in [0.05, 0.1) is 0 Å². The van der Waals surface area contributed by atoms with E-state index in [1.54, 1.807) is 0 Å². The monoisotopic (exact) mass is 441 g/mol. The van der Waals surface area contributed by atoms with Crippen molar-refractivity contribution in [2.45, 2.75) is 37.0 Å². The number of aliphatic carboxylic acids is 1. The van der Waals surface area contributed by atoms with Crippen molar-refractivity contribution in [2.24, 2.45) is 23.7 Å². The maximum Gasteiger partial charge on any atom is 0.303 e. The molecule has 4 rings (SSSR count). The summed E-state index contributed by atoms with van der Waals surface area (Å²) in [6.07, 6.45) is 11.9. The Morgan fingerprint density at radius 2 is 2.00 bits per heavy atom. The van der Waals surface area contributed by atoms with E-state index in [-0.39, 0.29) is 35.7 Å². The predicted molar refractivity (Wildman–Crippen MR) is 110 cm³/mol. The van der Waals surface area contributed by atoms with Gasteiger partial charge in [0.15, 0.2) is 0 Å². The number of carboxylic acids is 1. The summed E-state index contributed by atoms with van der Waals surface area (Å²) in [5.74, 6) is -0.797. The first-order valence-corrected chi connectivity index (χ1v) is 11.7. The summed E-state index contributed by atoms with van der Waals surface area (Å²) in [7, 11) is -3.98. The number of carboxylic acid groups (broad SMARTS) is 1. The molecule has 0 saturated heterocycles. The van der Waals surface area contributed by atoms with E-state index in [1.807, 2.05) is 6.08 Å². The van der Waals surface area contributed by atoms with Crippen LogP contribution in [-0.2, 0) is 14.8 Å². The van der Waals surface area contributed by atoms with Crippen LogP contribution in [0.25, 0.3) is 0 Å². The summed E-state index contributed by atoms with van der Waals surface area (Å²) in [5, 5.41) is 8.87. The van der Waals surface area contributed by atoms with Crippen molar-refractivity contribution in [1.82, 2.24) is 4.72 Å². The Morgan fingerprint density at radius 1 is 1.28 bits per heavy atom. The normalized spacial score (nSPS) is 26.3. The highest BCUT2D eigenvalue weighted by Gasteiger charge is 2.39. The van der Waals surface area contributed by atoms with Crippen LogP contribution in [0.3, 0.4) is 0 Å². The van der Waals surface area contributed by atoms with Crippen molar-refractivity contribution in [1.29, 1.82) is 0 Å². The topological polar surface area (TPSA) is 83.5 Å². The van der Waals surface area contributed by atoms with Crippen LogP contribution in [0.15, 0.2) is 47.4 Å². The van der Waals surface area contributed by atoms with Gasteiger partial charge in [-0.2, -0.15) is 0 Å². The molecule has 4 unspecified atom stereocenters. The maximum absolute atomic E-state index is 14.1. The van der Waals surface area contributed by atoms with E-state index < -0.39 is 26.7 Å². The van der Waals surface area contributed by atoms with E-state index in [0.717, 1.165) is 18.9 Å². The zero-order valence-corrected chi connectivity index (χ0v) is 17.5. The molecule has 0 aromatic heterocycles. The molecule has 1 saturated carbocycles. The van der Waals surface area contributed by atoms with Gasteiger partial charge in [-0.25, -0.2) is 17.5 Å². The molecule has 1 aromatic carbocycles. The Morgan fingerprint density at radius 3 is 2.66 bits per heavy atom. The molecule has 8 heteroatoms. The van der Waals surface area contributed by atoms with Crippen molar-refractivity contribution in [3.05, 3.63) is 53.3 Å². The van der Waals surface area contributed by atoms with Crippen LogP contribution in [0, 0.1) is 29.5 Å². The Balaban J connectivity index is 1.68. The number of halogens is 2. The number of fused-ring (bicyclic) bond motifs is 2. The van der Waals surface area contributed by atoms with E-state index in [2.05, 4.69) is 23.0 Å². The van der Waals surface area contributed by atoms with E-state index in [0.29, 0.717) is 18.8 Å². The first-order chi connectivity index (χ1) is 13.8. The lowest BCUT2D eigenvalue weighted by Gasteiger charge is -2.44. The molecule has 1 aromatic rings. The second-order valence-electron chi connectivity index (χ2n) is 7.67. The first kappa shape index (κ1) is 22.0. The quantitative estimate of drug-likeness (QED) is 0.439. The minimum Gasteiger partial charge on any atom is -0.481 e. The number of nitrogens with one attached hydrogen (secondary N) is 1. The van der Waals surface area contributed by atoms with Crippen LogP contribution < -0.4 is 4.72 Å². The van der Waals surface area contributed by atoms with Gasteiger partial charge in [0.2, 0.25) is 10.0 Å². The average Bonchev–Trinajstić information content (AvgIpc) is 2.67. The van der Waals surface area contributed by atoms with Gasteiger partial charge in [0, 0.05) is 18.0 Å². The molecular formula is C21H25ClFNO4S. The molecule has 4 atom stereocenters. The SMILES string of the molecule is O=C(O)CCC/C=C\C1C2C=CC(CC2)C1CNS(=O)(=O)c1ccc(Cl)cc1F. The second kappa shape index (κ2) is 9.41. The third kappa shape index (κ3) is 5.47. The Hall–Kier alpha value is -1.70. The summed E-state index contributed by atoms with van der Waals surface area (Å²) in [4.78, 5) is 10.2. The van der Waals surface area contributed by atoms with Crippen LogP contribution in [0.5, 0.6) is 0 Å². The maximum atomic E-state index is 14.1. The zero-order valence-electron chi connectivity index (χ0n) is 15.9. The summed E-state index contributed by atoms with van der Waals surface area (Å²) >= 11 is 5.71. The first-order valence-electron chi connectivity index (χ1n) is 9.79. The highest BCUT2D eigenvalue weighted by atomic mass is 35.5. The fourth-order valence-electron chi connectivity index (χ4n) is 4.32. The van der Waals surface area contributed by atoms with Crippen LogP contribution >= 0.6 is 11.6 Å². The highest BCUT2D eigenvalue weighted by molar-refractivity contribution is 7.89. The fourth-order valence-corrected chi connectivity index (χ4v) is 5.61. The van der Waals surface area contributed by atoms with Gasteiger partial charge < -0.3 is 5.11 Å². The molecule has 3 aliphatic rings. The third-order valence-electron chi connectivity index (χ3n) is 5.79. The summed E-state index contributed by atoms with van der Waals surface area (Å²) in [5.41, 5.74) is 0. The second-order valence-corrected chi connectivity index (χ2v) is 9.84. The Kier molecular flexibility index (Phi) is 7.14. The van der Waals surface area contributed by atoms with Crippen LogP contribution in [0.2, 0.25) is 5.02 Å². The van der Waals surface area contributed by atoms with E-state index in [1.165, 1.54) is 12.1 Å². The molecule has 1 fully saturated rings. The molecule has 2 N–H and O–H groups in total. The number of unbranched alkanes of at least 4 members (excludes halogenated alkanes) is 1. The molecule has 3 aliphatic carbocycles. The van der Waals surface area contributed by atoms with Crippen molar-refractivity contribution in [3.8, 4) is 0 Å². The van der Waals surface area contributed by atoms with Crippen molar-refractivity contribution in [3.63, 3.8) is 0 Å². The van der Waals surface area contributed by atoms with Crippen molar-refractivity contribution >= 4 is 27.6 Å². The van der Waals surface area contributed by atoms with Crippen LogP contribution in [-0.4, -0.2) is 26.0 Å². The van der Waals surface area contributed by atoms with Crippen LogP contribution in [0.4, 0.5) is 4.39 Å². The van der Waals surface area contributed by atoms with Gasteiger partial charge in [-0.3, -0.25) is 4.79 Å². The van der Waals surface area contributed by atoms with Gasteiger partial charge >= 0.3 is 5.97 Å². The molecule has 0 heterocycles. The minimum absolute atomic E-state index is 0.0830. The Labute approximate surface area is 175 Å². The summed E-state index contributed by atoms with van der Waals surface area (Å²) in [6.45, 7) is 0.222. The third-order valence-corrected chi connectivity index (χ3v) is 7.48. The molecule has 2 bridgehead atoms. The smallest absolute Gasteiger partial charge is 0.303 e. The number of benzene rings is 1. The number of hydrogen-bond donors (Lipinski definition) is 2. The van der Waals surface area contributed by atoms with E-state index in [4.69, 9.17) is 16.7 Å². The molecule has 5 nitrogen and oxygen atoms in total. The molecule has 158 valence electrons. The number of hydrogen-bond acceptors (Lipinski definition) is 3. The standard InChI is InChI=1S/C21H25ClFNO4S/c22-16-10-11-20(19(23)12-16)29(27,28)24-13-18-15-8-6-14(7-9-15)17(18)4-2-1-3-5-21(25)26/h2,4,6,8,10-12,14-15,17-18,24H,1,3,5,7,9,13H2,(H,25,26)/b4-2-. The van der Waals surface area contributed by atoms with Gasteiger partial charge in [0.1, 0.15) is 10.7 Å². The molecule has 0 aliphatic heterocycles. The number of sulfonamides is 1. The van der Waals surface area contributed by atoms with E-state index >= 15 is 0 Å². The summed E-state index contributed by atoms with van der Waals surface area (Å²) in [6, 6.07) is 3.52. The highest BCUT2D eigenvalue weighted by Crippen LogP contribution is 2.45. The van der Waals surface area contributed by atoms with Crippen LogP contribution in [0.1, 0.15) is 32.1 Å². The Bertz CT molecular complexity index is 915. The lowest BCUT2D eigenvalue weighted by atomic mass is 9.62. The molecule has 0 spiro atoms. The zero-order chi connectivity index (χ0) is 21.0. The predicted octanol–water partition coefficient (Wildman–Crippen LogP) is 4.40. The lowest BCUT2D eigenvalue weighted by molar-refractivity contribution is -0.137.